The van der Waals surface area contributed by atoms with Gasteiger partial charge in [-0.3, -0.25) is 4.79 Å². The van der Waals surface area contributed by atoms with Crippen LogP contribution in [0.5, 0.6) is 5.75 Å². The molecule has 0 spiro atoms. The molecule has 0 aromatic heterocycles. The Balaban J connectivity index is 1.70. The quantitative estimate of drug-likeness (QED) is 0.728. The number of hydrogen-bond donors (Lipinski definition) is 1. The first-order chi connectivity index (χ1) is 11.9. The predicted molar refractivity (Wildman–Crippen MR) is 99.6 cm³/mol. The Hall–Kier alpha value is -1.56. The lowest BCUT2D eigenvalue weighted by Gasteiger charge is -2.15. The van der Waals surface area contributed by atoms with E-state index in [0.29, 0.717) is 0 Å². The topological polar surface area (TPSA) is 72.5 Å². The fourth-order valence-corrected chi connectivity index (χ4v) is 5.10. The average Bonchev–Trinajstić information content (AvgIpc) is 3.14. The molecule has 2 rings (SSSR count). The van der Waals surface area contributed by atoms with Gasteiger partial charge in [0.1, 0.15) is 5.75 Å². The van der Waals surface area contributed by atoms with Crippen LogP contribution in [0.1, 0.15) is 51.0 Å². The fraction of sp³-hybridized carbons (Fsp3) is 0.632. The third kappa shape index (κ3) is 6.34. The number of nitrogens with one attached hydrogen (secondary N) is 1. The Morgan fingerprint density at radius 2 is 1.88 bits per heavy atom. The van der Waals surface area contributed by atoms with Gasteiger partial charge in [0.15, 0.2) is 9.84 Å². The van der Waals surface area contributed by atoms with Gasteiger partial charge in [-0.05, 0) is 50.3 Å². The molecular weight excluding hydrogens is 338 g/mol. The Kier molecular flexibility index (Phi) is 7.29. The standard InChI is InChI=1S/C19H29NO4S/c1-15(7-8-16-9-11-17(24-2)12-10-16)20-19(21)13-14-25(22,23)18-5-3-4-6-18/h9-12,15,18H,3-8,13-14H2,1-2H3,(H,20,21)/t15-/m1/s1. The van der Waals surface area contributed by atoms with Gasteiger partial charge in [-0.1, -0.05) is 25.0 Å². The van der Waals surface area contributed by atoms with E-state index >= 15 is 0 Å². The predicted octanol–water partition coefficient (Wildman–Crippen LogP) is 2.88. The van der Waals surface area contributed by atoms with E-state index < -0.39 is 9.84 Å². The van der Waals surface area contributed by atoms with Gasteiger partial charge in [-0.25, -0.2) is 8.42 Å². The van der Waals surface area contributed by atoms with Crippen LogP contribution >= 0.6 is 0 Å². The summed E-state index contributed by atoms with van der Waals surface area (Å²) in [6.07, 6.45) is 5.20. The summed E-state index contributed by atoms with van der Waals surface area (Å²) in [6, 6.07) is 7.89. The molecule has 140 valence electrons. The Bertz CT molecular complexity index is 649. The van der Waals surface area contributed by atoms with E-state index in [0.717, 1.165) is 44.3 Å². The summed E-state index contributed by atoms with van der Waals surface area (Å²) in [5, 5.41) is 2.68. The van der Waals surface area contributed by atoms with Crippen molar-refractivity contribution in [2.75, 3.05) is 12.9 Å². The zero-order valence-corrected chi connectivity index (χ0v) is 16.0. The second-order valence-electron chi connectivity index (χ2n) is 6.88. The second kappa shape index (κ2) is 9.22. The van der Waals surface area contributed by atoms with Gasteiger partial charge < -0.3 is 10.1 Å². The zero-order chi connectivity index (χ0) is 18.3. The van der Waals surface area contributed by atoms with E-state index in [9.17, 15) is 13.2 Å². The molecule has 1 N–H and O–H groups in total. The Morgan fingerprint density at radius 1 is 1.24 bits per heavy atom. The Morgan fingerprint density at radius 3 is 2.48 bits per heavy atom. The normalized spacial score (nSPS) is 16.6. The minimum Gasteiger partial charge on any atom is -0.497 e. The molecule has 1 saturated carbocycles. The maximum atomic E-state index is 12.2. The van der Waals surface area contributed by atoms with Gasteiger partial charge in [0.25, 0.3) is 0 Å². The van der Waals surface area contributed by atoms with Crippen molar-refractivity contribution in [1.29, 1.82) is 0 Å². The van der Waals surface area contributed by atoms with Crippen LogP contribution < -0.4 is 10.1 Å². The third-order valence-electron chi connectivity index (χ3n) is 4.86. The largest absolute Gasteiger partial charge is 0.497 e. The van der Waals surface area contributed by atoms with Crippen LogP contribution in [-0.4, -0.2) is 38.5 Å². The highest BCUT2D eigenvalue weighted by Crippen LogP contribution is 2.25. The molecule has 5 nitrogen and oxygen atoms in total. The van der Waals surface area contributed by atoms with Crippen molar-refractivity contribution in [3.63, 3.8) is 0 Å². The van der Waals surface area contributed by atoms with Gasteiger partial charge in [0, 0.05) is 12.5 Å². The first kappa shape index (κ1) is 19.8. The van der Waals surface area contributed by atoms with E-state index in [1.54, 1.807) is 7.11 Å². The van der Waals surface area contributed by atoms with Crippen molar-refractivity contribution in [1.82, 2.24) is 5.32 Å². The smallest absolute Gasteiger partial charge is 0.221 e. The van der Waals surface area contributed by atoms with Gasteiger partial charge in [0.2, 0.25) is 5.91 Å². The molecule has 0 heterocycles. The lowest BCUT2D eigenvalue weighted by atomic mass is 10.1. The third-order valence-corrected chi connectivity index (χ3v) is 7.12. The molecule has 1 aliphatic carbocycles. The van der Waals surface area contributed by atoms with Crippen LogP contribution in [0.15, 0.2) is 24.3 Å². The molecule has 1 fully saturated rings. The summed E-state index contributed by atoms with van der Waals surface area (Å²) in [6.45, 7) is 1.95. The minimum absolute atomic E-state index is 0.0174. The van der Waals surface area contributed by atoms with Crippen molar-refractivity contribution in [3.05, 3.63) is 29.8 Å². The number of hydrogen-bond acceptors (Lipinski definition) is 4. The van der Waals surface area contributed by atoms with Crippen molar-refractivity contribution in [3.8, 4) is 5.75 Å². The monoisotopic (exact) mass is 367 g/mol. The van der Waals surface area contributed by atoms with Crippen LogP contribution in [0, 0.1) is 0 Å². The molecule has 1 atom stereocenters. The summed E-state index contributed by atoms with van der Waals surface area (Å²) >= 11 is 0. The molecule has 6 heteroatoms. The molecule has 0 radical (unpaired) electrons. The van der Waals surface area contributed by atoms with E-state index in [1.165, 1.54) is 5.56 Å². The molecule has 1 aliphatic rings. The lowest BCUT2D eigenvalue weighted by Crippen LogP contribution is -2.34. The summed E-state index contributed by atoms with van der Waals surface area (Å²) in [5.74, 6) is 0.617. The molecule has 0 unspecified atom stereocenters. The number of methoxy groups -OCH3 is 1. The highest BCUT2D eigenvalue weighted by Gasteiger charge is 2.28. The van der Waals surface area contributed by atoms with Crippen LogP contribution in [0.3, 0.4) is 0 Å². The van der Waals surface area contributed by atoms with E-state index in [1.807, 2.05) is 31.2 Å². The van der Waals surface area contributed by atoms with E-state index in [2.05, 4.69) is 5.32 Å². The number of benzene rings is 1. The molecule has 1 aromatic rings. The van der Waals surface area contributed by atoms with Gasteiger partial charge in [-0.15, -0.1) is 0 Å². The SMILES string of the molecule is COc1ccc(CC[C@@H](C)NC(=O)CCS(=O)(=O)C2CCCC2)cc1. The van der Waals surface area contributed by atoms with E-state index in [-0.39, 0.29) is 29.4 Å². The zero-order valence-electron chi connectivity index (χ0n) is 15.2. The maximum Gasteiger partial charge on any atom is 0.221 e. The summed E-state index contributed by atoms with van der Waals surface area (Å²) < 4.78 is 29.5. The Labute approximate surface area is 151 Å². The summed E-state index contributed by atoms with van der Waals surface area (Å²) in [4.78, 5) is 12.0. The summed E-state index contributed by atoms with van der Waals surface area (Å²) in [7, 11) is -1.49. The van der Waals surface area contributed by atoms with Crippen LogP contribution in [0.4, 0.5) is 0 Å². The molecule has 0 bridgehead atoms. The average molecular weight is 368 g/mol. The van der Waals surface area contributed by atoms with Crippen LogP contribution in [0.25, 0.3) is 0 Å². The molecule has 0 saturated heterocycles. The number of carbonyl (C=O) groups is 1. The van der Waals surface area contributed by atoms with Gasteiger partial charge >= 0.3 is 0 Å². The molecule has 1 amide bonds. The number of ether oxygens (including phenoxy) is 1. The van der Waals surface area contributed by atoms with Crippen LogP contribution in [-0.2, 0) is 21.1 Å². The fourth-order valence-electron chi connectivity index (χ4n) is 3.24. The van der Waals surface area contributed by atoms with Crippen molar-refractivity contribution in [2.24, 2.45) is 0 Å². The number of carbonyl (C=O) groups excluding carboxylic acids is 1. The molecule has 25 heavy (non-hydrogen) atoms. The summed E-state index contributed by atoms with van der Waals surface area (Å²) in [5.41, 5.74) is 1.19. The van der Waals surface area contributed by atoms with Crippen molar-refractivity contribution < 1.29 is 17.9 Å². The lowest BCUT2D eigenvalue weighted by molar-refractivity contribution is -0.121. The molecular formula is C19H29NO4S. The van der Waals surface area contributed by atoms with E-state index in [4.69, 9.17) is 4.74 Å². The van der Waals surface area contributed by atoms with Crippen LogP contribution in [0.2, 0.25) is 0 Å². The van der Waals surface area contributed by atoms with Gasteiger partial charge in [0.05, 0.1) is 18.1 Å². The maximum absolute atomic E-state index is 12.2. The highest BCUT2D eigenvalue weighted by atomic mass is 32.2. The second-order valence-corrected chi connectivity index (χ2v) is 9.28. The van der Waals surface area contributed by atoms with Crippen molar-refractivity contribution in [2.45, 2.75) is 63.2 Å². The number of amides is 1. The minimum atomic E-state index is -3.13. The number of rotatable bonds is 9. The first-order valence-corrected chi connectivity index (χ1v) is 10.8. The number of sulfone groups is 1. The van der Waals surface area contributed by atoms with Gasteiger partial charge in [-0.2, -0.15) is 0 Å². The highest BCUT2D eigenvalue weighted by molar-refractivity contribution is 7.92. The number of aryl methyl sites for hydroxylation is 1. The first-order valence-electron chi connectivity index (χ1n) is 9.04. The molecule has 0 aliphatic heterocycles. The van der Waals surface area contributed by atoms with Crippen molar-refractivity contribution >= 4 is 15.7 Å². The molecule has 1 aromatic carbocycles.